The Morgan fingerprint density at radius 3 is 3.31 bits per heavy atom. The molecule has 4 nitrogen and oxygen atoms in total. The van der Waals surface area contributed by atoms with Gasteiger partial charge in [-0.25, -0.2) is 0 Å². The van der Waals surface area contributed by atoms with Gasteiger partial charge in [-0.3, -0.25) is 5.10 Å². The van der Waals surface area contributed by atoms with Crippen LogP contribution in [-0.2, 0) is 12.8 Å². The molecule has 2 aromatic heterocycles. The molecule has 2 N–H and O–H groups in total. The van der Waals surface area contributed by atoms with Crippen LogP contribution in [0.1, 0.15) is 24.7 Å². The molecular formula is C12H15N3O. The van der Waals surface area contributed by atoms with Gasteiger partial charge in [0.1, 0.15) is 5.76 Å². The molecule has 2 aromatic rings. The highest BCUT2D eigenvalue weighted by Gasteiger charge is 2.23. The zero-order valence-electron chi connectivity index (χ0n) is 9.34. The molecule has 1 aliphatic carbocycles. The van der Waals surface area contributed by atoms with E-state index in [9.17, 15) is 0 Å². The van der Waals surface area contributed by atoms with E-state index in [0.717, 1.165) is 43.1 Å². The maximum absolute atomic E-state index is 5.44. The van der Waals surface area contributed by atoms with Crippen LogP contribution in [0.5, 0.6) is 0 Å². The summed E-state index contributed by atoms with van der Waals surface area (Å²) in [5, 5.41) is 10.8. The van der Waals surface area contributed by atoms with Crippen LogP contribution in [0.25, 0.3) is 11.3 Å². The number of aryl methyl sites for hydroxylation is 1. The predicted octanol–water partition coefficient (Wildman–Crippen LogP) is 2.59. The van der Waals surface area contributed by atoms with Gasteiger partial charge in [-0.1, -0.05) is 6.92 Å². The summed E-state index contributed by atoms with van der Waals surface area (Å²) in [6.07, 6.45) is 4.83. The van der Waals surface area contributed by atoms with E-state index in [-0.39, 0.29) is 0 Å². The maximum Gasteiger partial charge on any atom is 0.151 e. The Bertz CT molecular complexity index is 498. The predicted molar refractivity (Wildman–Crippen MR) is 62.5 cm³/mol. The Hall–Kier alpha value is -1.71. The minimum atomic E-state index is 0.968. The van der Waals surface area contributed by atoms with E-state index in [1.165, 1.54) is 11.1 Å². The molecule has 0 bridgehead atoms. The van der Waals surface area contributed by atoms with Crippen molar-refractivity contribution in [1.29, 1.82) is 0 Å². The topological polar surface area (TPSA) is 53.9 Å². The number of aromatic nitrogens is 2. The minimum absolute atomic E-state index is 0.968. The average molecular weight is 217 g/mol. The number of rotatable bonds is 3. The van der Waals surface area contributed by atoms with Crippen LogP contribution in [0.3, 0.4) is 0 Å². The third-order valence-electron chi connectivity index (χ3n) is 3.03. The molecule has 0 amide bonds. The molecule has 0 unspecified atom stereocenters. The molecule has 0 atom stereocenters. The highest BCUT2D eigenvalue weighted by atomic mass is 16.3. The van der Waals surface area contributed by atoms with Gasteiger partial charge in [-0.2, -0.15) is 5.10 Å². The molecule has 0 saturated carbocycles. The van der Waals surface area contributed by atoms with E-state index in [2.05, 4.69) is 22.4 Å². The smallest absolute Gasteiger partial charge is 0.151 e. The highest BCUT2D eigenvalue weighted by molar-refractivity contribution is 5.72. The third-order valence-corrected chi connectivity index (χ3v) is 3.03. The molecule has 2 heterocycles. The van der Waals surface area contributed by atoms with Crippen LogP contribution in [0, 0.1) is 0 Å². The van der Waals surface area contributed by atoms with Crippen LogP contribution in [0.4, 0.5) is 5.82 Å². The van der Waals surface area contributed by atoms with Crippen LogP contribution >= 0.6 is 0 Å². The first-order chi connectivity index (χ1) is 7.90. The first kappa shape index (κ1) is 9.51. The number of fused-ring (bicyclic) bond motifs is 3. The van der Waals surface area contributed by atoms with E-state index in [4.69, 9.17) is 4.42 Å². The molecule has 0 saturated heterocycles. The minimum Gasteiger partial charge on any atom is -0.469 e. The SMILES string of the molecule is CCCNc1n[nH]c2c1CCc1occc1-2. The lowest BCUT2D eigenvalue weighted by atomic mass is 9.96. The van der Waals surface area contributed by atoms with Gasteiger partial charge < -0.3 is 9.73 Å². The van der Waals surface area contributed by atoms with Gasteiger partial charge in [0.2, 0.25) is 0 Å². The van der Waals surface area contributed by atoms with Gasteiger partial charge in [0.25, 0.3) is 0 Å². The van der Waals surface area contributed by atoms with Crippen molar-refractivity contribution >= 4 is 5.82 Å². The number of H-pyrrole nitrogens is 1. The first-order valence-electron chi connectivity index (χ1n) is 5.78. The molecule has 4 heteroatoms. The molecule has 16 heavy (non-hydrogen) atoms. The Kier molecular flexibility index (Phi) is 2.20. The highest BCUT2D eigenvalue weighted by Crippen LogP contribution is 2.35. The molecule has 0 aliphatic heterocycles. The summed E-state index contributed by atoms with van der Waals surface area (Å²) in [7, 11) is 0. The van der Waals surface area contributed by atoms with Gasteiger partial charge in [0.05, 0.1) is 12.0 Å². The maximum atomic E-state index is 5.44. The summed E-state index contributed by atoms with van der Waals surface area (Å²) in [5.74, 6) is 2.07. The summed E-state index contributed by atoms with van der Waals surface area (Å²) in [5.41, 5.74) is 3.58. The lowest BCUT2D eigenvalue weighted by Crippen LogP contribution is -2.05. The van der Waals surface area contributed by atoms with Crippen molar-refractivity contribution in [2.45, 2.75) is 26.2 Å². The standard InChI is InChI=1S/C12H15N3O/c1-2-6-13-12-9-3-4-10-8(5-7-16-10)11(9)14-15-12/h5,7H,2-4,6H2,1H3,(H2,13,14,15). The van der Waals surface area contributed by atoms with E-state index < -0.39 is 0 Å². The fourth-order valence-electron chi connectivity index (χ4n) is 2.22. The lowest BCUT2D eigenvalue weighted by Gasteiger charge is -2.11. The second kappa shape index (κ2) is 3.70. The molecular weight excluding hydrogens is 202 g/mol. The molecule has 0 aromatic carbocycles. The number of nitrogens with one attached hydrogen (secondary N) is 2. The quantitative estimate of drug-likeness (QED) is 0.830. The average Bonchev–Trinajstić information content (AvgIpc) is 2.91. The van der Waals surface area contributed by atoms with Crippen molar-refractivity contribution in [3.8, 4) is 11.3 Å². The summed E-state index contributed by atoms with van der Waals surface area (Å²) in [6, 6.07) is 2.01. The normalized spacial score (nSPS) is 13.3. The fraction of sp³-hybridized carbons (Fsp3) is 0.417. The number of anilines is 1. The second-order valence-electron chi connectivity index (χ2n) is 4.11. The van der Waals surface area contributed by atoms with Crippen molar-refractivity contribution in [2.75, 3.05) is 11.9 Å². The van der Waals surface area contributed by atoms with Crippen molar-refractivity contribution in [3.63, 3.8) is 0 Å². The van der Waals surface area contributed by atoms with Crippen molar-refractivity contribution in [2.24, 2.45) is 0 Å². The van der Waals surface area contributed by atoms with Crippen LogP contribution < -0.4 is 5.32 Å². The largest absolute Gasteiger partial charge is 0.469 e. The summed E-state index contributed by atoms with van der Waals surface area (Å²) in [6.45, 7) is 3.12. The monoisotopic (exact) mass is 217 g/mol. The Labute approximate surface area is 94.0 Å². The molecule has 3 rings (SSSR count). The first-order valence-corrected chi connectivity index (χ1v) is 5.78. The van der Waals surface area contributed by atoms with Crippen molar-refractivity contribution in [1.82, 2.24) is 10.2 Å². The third kappa shape index (κ3) is 1.33. The zero-order valence-corrected chi connectivity index (χ0v) is 9.34. The summed E-state index contributed by atoms with van der Waals surface area (Å²) >= 11 is 0. The Morgan fingerprint density at radius 1 is 1.50 bits per heavy atom. The number of hydrogen-bond acceptors (Lipinski definition) is 3. The van der Waals surface area contributed by atoms with Crippen LogP contribution in [0.2, 0.25) is 0 Å². The van der Waals surface area contributed by atoms with Crippen LogP contribution in [0.15, 0.2) is 16.7 Å². The zero-order chi connectivity index (χ0) is 11.0. The van der Waals surface area contributed by atoms with Crippen LogP contribution in [-0.4, -0.2) is 16.7 Å². The lowest BCUT2D eigenvalue weighted by molar-refractivity contribution is 0.507. The Morgan fingerprint density at radius 2 is 2.44 bits per heavy atom. The van der Waals surface area contributed by atoms with Crippen molar-refractivity contribution in [3.05, 3.63) is 23.7 Å². The van der Waals surface area contributed by atoms with E-state index in [1.807, 2.05) is 6.07 Å². The van der Waals surface area contributed by atoms with Gasteiger partial charge >= 0.3 is 0 Å². The van der Waals surface area contributed by atoms with Gasteiger partial charge in [-0.15, -0.1) is 0 Å². The van der Waals surface area contributed by atoms with Gasteiger partial charge in [0.15, 0.2) is 5.82 Å². The van der Waals surface area contributed by atoms with E-state index in [1.54, 1.807) is 6.26 Å². The second-order valence-corrected chi connectivity index (χ2v) is 4.11. The van der Waals surface area contributed by atoms with E-state index >= 15 is 0 Å². The fourth-order valence-corrected chi connectivity index (χ4v) is 2.22. The van der Waals surface area contributed by atoms with Gasteiger partial charge in [-0.05, 0) is 18.9 Å². The number of hydrogen-bond donors (Lipinski definition) is 2. The Balaban J connectivity index is 1.99. The summed E-state index contributed by atoms with van der Waals surface area (Å²) < 4.78 is 5.44. The molecule has 0 spiro atoms. The number of furan rings is 1. The number of nitrogens with zero attached hydrogens (tertiary/aromatic N) is 1. The molecule has 0 fully saturated rings. The molecule has 84 valence electrons. The molecule has 1 aliphatic rings. The summed E-state index contributed by atoms with van der Waals surface area (Å²) in [4.78, 5) is 0. The molecule has 0 radical (unpaired) electrons. The van der Waals surface area contributed by atoms with E-state index in [0.29, 0.717) is 0 Å². The number of aromatic amines is 1. The van der Waals surface area contributed by atoms with Gasteiger partial charge in [0, 0.05) is 24.1 Å². The van der Waals surface area contributed by atoms with Crippen molar-refractivity contribution < 1.29 is 4.42 Å².